The van der Waals surface area contributed by atoms with Gasteiger partial charge in [-0.15, -0.1) is 12.4 Å². The number of carbonyl (C=O) groups is 1. The summed E-state index contributed by atoms with van der Waals surface area (Å²) < 4.78 is 32.2. The minimum atomic E-state index is -1.45. The summed E-state index contributed by atoms with van der Waals surface area (Å²) in [5.41, 5.74) is 9.23. The van der Waals surface area contributed by atoms with Gasteiger partial charge in [0.15, 0.2) is 11.6 Å². The van der Waals surface area contributed by atoms with Crippen LogP contribution in [0.15, 0.2) is 11.0 Å². The fraction of sp³-hybridized carbons (Fsp3) is 0.474. The second-order valence-electron chi connectivity index (χ2n) is 7.81. The van der Waals surface area contributed by atoms with Gasteiger partial charge in [-0.3, -0.25) is 4.79 Å². The molecule has 158 valence electrons. The number of hydrogen-bond acceptors (Lipinski definition) is 5. The van der Waals surface area contributed by atoms with Crippen molar-refractivity contribution >= 4 is 40.7 Å². The lowest BCUT2D eigenvalue weighted by Gasteiger charge is -2.23. The van der Waals surface area contributed by atoms with Crippen molar-refractivity contribution in [3.05, 3.63) is 33.6 Å². The van der Waals surface area contributed by atoms with Crippen LogP contribution in [0.3, 0.4) is 0 Å². The van der Waals surface area contributed by atoms with Crippen LogP contribution in [0.25, 0.3) is 10.9 Å². The molecule has 0 unspecified atom stereocenters. The van der Waals surface area contributed by atoms with Crippen LogP contribution in [0.1, 0.15) is 36.2 Å². The number of anilines is 2. The summed E-state index contributed by atoms with van der Waals surface area (Å²) >= 11 is 0. The first-order valence-corrected chi connectivity index (χ1v) is 9.29. The number of aromatic nitrogens is 1. The van der Waals surface area contributed by atoms with E-state index >= 15 is 8.78 Å². The lowest BCUT2D eigenvalue weighted by molar-refractivity contribution is 0.0695. The van der Waals surface area contributed by atoms with Crippen LogP contribution in [0, 0.1) is 23.5 Å². The number of halogens is 3. The zero-order chi connectivity index (χ0) is 20.3. The number of nitrogens with zero attached hydrogens (tertiary/aromatic N) is 2. The van der Waals surface area contributed by atoms with Crippen LogP contribution in [0.4, 0.5) is 20.2 Å². The molecule has 29 heavy (non-hydrogen) atoms. The molecule has 2 aromatic rings. The molecular formula is C19H23ClF2N4O3. The monoisotopic (exact) mass is 428 g/mol. The van der Waals surface area contributed by atoms with Crippen LogP contribution >= 0.6 is 12.4 Å². The van der Waals surface area contributed by atoms with Gasteiger partial charge in [-0.05, 0) is 31.2 Å². The van der Waals surface area contributed by atoms with Crippen molar-refractivity contribution in [2.75, 3.05) is 30.3 Å². The Balaban J connectivity index is 0.00000240. The summed E-state index contributed by atoms with van der Waals surface area (Å²) in [4.78, 5) is 25.7. The van der Waals surface area contributed by atoms with Gasteiger partial charge in [0.05, 0.1) is 16.6 Å². The number of aromatic carboxylic acids is 1. The maximum Gasteiger partial charge on any atom is 0.341 e. The van der Waals surface area contributed by atoms with Crippen molar-refractivity contribution in [1.29, 1.82) is 0 Å². The van der Waals surface area contributed by atoms with Crippen molar-refractivity contribution in [1.82, 2.24) is 4.57 Å². The van der Waals surface area contributed by atoms with Crippen LogP contribution in [-0.2, 0) is 0 Å². The SMILES string of the molecule is C[C@@H]1CN(c2c(F)c(N)c3c(=O)c(C(=O)O)cn(C4CC4)c3c2F)C[C@@H]1CN.Cl. The summed E-state index contributed by atoms with van der Waals surface area (Å²) in [5, 5.41) is 8.92. The standard InChI is InChI=1S/C19H22F2N4O3.ClH/c1-8-5-24(6-9(8)4-22)17-13(20)15(23)12-16(14(17)21)25(10-2-3-10)7-11(18(12)26)19(27)28;/h7-10H,2-6,22-23H2,1H3,(H,27,28);1H/t8-,9+;/m1./s1. The minimum absolute atomic E-state index is 0. The van der Waals surface area contributed by atoms with E-state index in [0.717, 1.165) is 19.0 Å². The topological polar surface area (TPSA) is 115 Å². The Bertz CT molecular complexity index is 1050. The third-order valence-electron chi connectivity index (χ3n) is 5.92. The first-order chi connectivity index (χ1) is 13.3. The Morgan fingerprint density at radius 2 is 1.93 bits per heavy atom. The molecule has 2 atom stereocenters. The zero-order valence-electron chi connectivity index (χ0n) is 15.8. The van der Waals surface area contributed by atoms with Crippen LogP contribution in [0.5, 0.6) is 0 Å². The van der Waals surface area contributed by atoms with E-state index in [1.807, 2.05) is 6.92 Å². The van der Waals surface area contributed by atoms with E-state index in [1.54, 1.807) is 4.90 Å². The average Bonchev–Trinajstić information content (AvgIpc) is 3.42. The van der Waals surface area contributed by atoms with Gasteiger partial charge >= 0.3 is 5.97 Å². The molecule has 1 saturated carbocycles. The molecule has 2 aliphatic rings. The highest BCUT2D eigenvalue weighted by Crippen LogP contribution is 2.42. The van der Waals surface area contributed by atoms with E-state index in [1.165, 1.54) is 4.57 Å². The number of nitrogens with two attached hydrogens (primary N) is 2. The molecule has 0 amide bonds. The molecule has 1 aliphatic carbocycles. The Labute approximate surface area is 171 Å². The fourth-order valence-corrected chi connectivity index (χ4v) is 4.15. The molecule has 2 fully saturated rings. The number of carboxylic acids is 1. The predicted molar refractivity (Wildman–Crippen MR) is 109 cm³/mol. The molecule has 4 rings (SSSR count). The lowest BCUT2D eigenvalue weighted by Crippen LogP contribution is -2.27. The quantitative estimate of drug-likeness (QED) is 0.644. The molecule has 10 heteroatoms. The smallest absolute Gasteiger partial charge is 0.341 e. The molecule has 2 heterocycles. The Morgan fingerprint density at radius 3 is 2.45 bits per heavy atom. The number of rotatable bonds is 4. The Morgan fingerprint density at radius 1 is 1.28 bits per heavy atom. The highest BCUT2D eigenvalue weighted by atomic mass is 35.5. The summed E-state index contributed by atoms with van der Waals surface area (Å²) in [6.07, 6.45) is 2.59. The van der Waals surface area contributed by atoms with E-state index in [4.69, 9.17) is 11.5 Å². The van der Waals surface area contributed by atoms with E-state index in [9.17, 15) is 14.7 Å². The minimum Gasteiger partial charge on any atom is -0.477 e. The van der Waals surface area contributed by atoms with Gasteiger partial charge in [-0.1, -0.05) is 6.92 Å². The molecule has 1 saturated heterocycles. The van der Waals surface area contributed by atoms with Gasteiger partial charge in [0, 0.05) is 25.3 Å². The molecular weight excluding hydrogens is 406 g/mol. The molecule has 1 aromatic heterocycles. The van der Waals surface area contributed by atoms with Gasteiger partial charge in [-0.25, -0.2) is 13.6 Å². The summed E-state index contributed by atoms with van der Waals surface area (Å²) in [5.74, 6) is -3.12. The fourth-order valence-electron chi connectivity index (χ4n) is 4.15. The number of benzene rings is 1. The van der Waals surface area contributed by atoms with Gasteiger partial charge in [0.25, 0.3) is 0 Å². The first kappa shape index (κ1) is 21.3. The third-order valence-corrected chi connectivity index (χ3v) is 5.92. The Kier molecular flexibility index (Phi) is 5.48. The molecule has 0 spiro atoms. The Hall–Kier alpha value is -2.39. The van der Waals surface area contributed by atoms with Crippen molar-refractivity contribution in [3.63, 3.8) is 0 Å². The van der Waals surface area contributed by atoms with E-state index in [-0.39, 0.29) is 41.5 Å². The molecule has 1 aromatic carbocycles. The predicted octanol–water partition coefficient (Wildman–Crippen LogP) is 2.35. The second-order valence-corrected chi connectivity index (χ2v) is 7.81. The maximum absolute atomic E-state index is 15.6. The van der Waals surface area contributed by atoms with Crippen molar-refractivity contribution in [3.8, 4) is 0 Å². The number of pyridine rings is 1. The van der Waals surface area contributed by atoms with E-state index in [0.29, 0.717) is 19.6 Å². The van der Waals surface area contributed by atoms with Crippen molar-refractivity contribution in [2.45, 2.75) is 25.8 Å². The zero-order valence-corrected chi connectivity index (χ0v) is 16.6. The molecule has 5 N–H and O–H groups in total. The lowest BCUT2D eigenvalue weighted by atomic mass is 9.99. The molecule has 0 radical (unpaired) electrons. The molecule has 0 bridgehead atoms. The van der Waals surface area contributed by atoms with Crippen LogP contribution in [-0.4, -0.2) is 35.3 Å². The highest BCUT2D eigenvalue weighted by molar-refractivity contribution is 5.99. The van der Waals surface area contributed by atoms with Gasteiger partial charge in [-0.2, -0.15) is 0 Å². The molecule has 7 nitrogen and oxygen atoms in total. The van der Waals surface area contributed by atoms with Gasteiger partial charge in [0.2, 0.25) is 5.43 Å². The number of hydrogen-bond donors (Lipinski definition) is 3. The average molecular weight is 429 g/mol. The number of carboxylic acid groups (broad SMARTS) is 1. The van der Waals surface area contributed by atoms with Crippen LogP contribution in [0.2, 0.25) is 0 Å². The number of fused-ring (bicyclic) bond motifs is 1. The molecule has 1 aliphatic heterocycles. The van der Waals surface area contributed by atoms with Crippen LogP contribution < -0.4 is 21.8 Å². The van der Waals surface area contributed by atoms with Gasteiger partial charge in [0.1, 0.15) is 11.3 Å². The largest absolute Gasteiger partial charge is 0.477 e. The second kappa shape index (κ2) is 7.46. The van der Waals surface area contributed by atoms with E-state index < -0.39 is 39.7 Å². The normalized spacial score (nSPS) is 21.4. The number of nitrogen functional groups attached to an aromatic ring is 1. The highest BCUT2D eigenvalue weighted by Gasteiger charge is 2.36. The maximum atomic E-state index is 15.6. The van der Waals surface area contributed by atoms with Crippen molar-refractivity contribution in [2.24, 2.45) is 17.6 Å². The van der Waals surface area contributed by atoms with Crippen molar-refractivity contribution < 1.29 is 18.7 Å². The summed E-state index contributed by atoms with van der Waals surface area (Å²) in [7, 11) is 0. The summed E-state index contributed by atoms with van der Waals surface area (Å²) in [6.45, 7) is 3.18. The third kappa shape index (κ3) is 3.22. The summed E-state index contributed by atoms with van der Waals surface area (Å²) in [6, 6.07) is -0.136. The van der Waals surface area contributed by atoms with Gasteiger partial charge < -0.3 is 26.0 Å². The first-order valence-electron chi connectivity index (χ1n) is 9.29. The van der Waals surface area contributed by atoms with E-state index in [2.05, 4.69) is 0 Å².